The number of carbonyl (C=O) groups is 2. The zero-order valence-corrected chi connectivity index (χ0v) is 8.21. The largest absolute Gasteiger partial charge is 0.466 e. The van der Waals surface area contributed by atoms with Crippen molar-refractivity contribution in [3.05, 3.63) is 0 Å². The smallest absolute Gasteiger partial charge is 0.308 e. The van der Waals surface area contributed by atoms with Crippen molar-refractivity contribution in [1.29, 1.82) is 0 Å². The van der Waals surface area contributed by atoms with Gasteiger partial charge in [-0.15, -0.1) is 0 Å². The number of hydrogen-bond acceptors (Lipinski definition) is 3. The van der Waals surface area contributed by atoms with Gasteiger partial charge in [-0.25, -0.2) is 0 Å². The summed E-state index contributed by atoms with van der Waals surface area (Å²) in [5.41, 5.74) is 0. The van der Waals surface area contributed by atoms with E-state index >= 15 is 0 Å². The molecule has 0 aromatic carbocycles. The van der Waals surface area contributed by atoms with Crippen LogP contribution in [0, 0.1) is 5.92 Å². The van der Waals surface area contributed by atoms with E-state index in [0.717, 1.165) is 12.8 Å². The highest BCUT2D eigenvalue weighted by molar-refractivity contribution is 5.71. The molecule has 0 radical (unpaired) electrons. The highest BCUT2D eigenvalue weighted by Crippen LogP contribution is 2.06. The van der Waals surface area contributed by atoms with E-state index in [9.17, 15) is 9.59 Å². The van der Waals surface area contributed by atoms with Crippen molar-refractivity contribution in [3.8, 4) is 0 Å². The van der Waals surface area contributed by atoms with Gasteiger partial charge in [0.15, 0.2) is 0 Å². The van der Waals surface area contributed by atoms with Gasteiger partial charge in [-0.2, -0.15) is 0 Å². The van der Waals surface area contributed by atoms with E-state index in [4.69, 9.17) is 4.74 Å². The Hall–Kier alpha value is -1.06. The van der Waals surface area contributed by atoms with Crippen molar-refractivity contribution in [3.63, 3.8) is 0 Å². The third-order valence-electron chi connectivity index (χ3n) is 1.73. The van der Waals surface area contributed by atoms with Gasteiger partial charge in [0.2, 0.25) is 6.41 Å². The average molecular weight is 187 g/mol. The molecule has 76 valence electrons. The first-order chi connectivity index (χ1) is 6.22. The second kappa shape index (κ2) is 7.58. The second-order valence-electron chi connectivity index (χ2n) is 2.87. The number of nitrogens with one attached hydrogen (secondary N) is 1. The summed E-state index contributed by atoms with van der Waals surface area (Å²) in [7, 11) is 0. The molecule has 0 saturated heterocycles. The Labute approximate surface area is 78.6 Å². The minimum absolute atomic E-state index is 0.0756. The van der Waals surface area contributed by atoms with Gasteiger partial charge in [-0.1, -0.05) is 6.92 Å². The van der Waals surface area contributed by atoms with Crippen LogP contribution in [0.3, 0.4) is 0 Å². The highest BCUT2D eigenvalue weighted by atomic mass is 16.5. The predicted octanol–water partition coefficient (Wildman–Crippen LogP) is 0.712. The summed E-state index contributed by atoms with van der Waals surface area (Å²) in [5, 5.41) is 2.54. The number of carbonyl (C=O) groups excluding carboxylic acids is 2. The summed E-state index contributed by atoms with van der Waals surface area (Å²) in [6.45, 7) is 4.67. The van der Waals surface area contributed by atoms with E-state index in [-0.39, 0.29) is 11.9 Å². The maximum Gasteiger partial charge on any atom is 0.308 e. The number of ether oxygens (including phenoxy) is 1. The quantitative estimate of drug-likeness (QED) is 0.363. The zero-order valence-electron chi connectivity index (χ0n) is 8.21. The van der Waals surface area contributed by atoms with Gasteiger partial charge in [-0.3, -0.25) is 9.59 Å². The maximum atomic E-state index is 11.1. The van der Waals surface area contributed by atoms with E-state index in [1.807, 2.05) is 6.92 Å². The molecule has 0 saturated carbocycles. The molecular formula is C9H17NO3. The molecule has 13 heavy (non-hydrogen) atoms. The van der Waals surface area contributed by atoms with Crippen LogP contribution in [-0.2, 0) is 14.3 Å². The van der Waals surface area contributed by atoms with Crippen molar-refractivity contribution >= 4 is 12.4 Å². The zero-order chi connectivity index (χ0) is 10.1. The van der Waals surface area contributed by atoms with Crippen LogP contribution in [0.2, 0.25) is 0 Å². The van der Waals surface area contributed by atoms with Gasteiger partial charge in [0, 0.05) is 6.54 Å². The van der Waals surface area contributed by atoms with E-state index in [1.165, 1.54) is 0 Å². The third-order valence-corrected chi connectivity index (χ3v) is 1.73. The molecule has 4 nitrogen and oxygen atoms in total. The summed E-state index contributed by atoms with van der Waals surface area (Å²) in [4.78, 5) is 21.0. The lowest BCUT2D eigenvalue weighted by atomic mass is 10.1. The highest BCUT2D eigenvalue weighted by Gasteiger charge is 2.12. The molecule has 0 aliphatic rings. The topological polar surface area (TPSA) is 55.4 Å². The second-order valence-corrected chi connectivity index (χ2v) is 2.87. The van der Waals surface area contributed by atoms with Gasteiger partial charge in [-0.05, 0) is 19.8 Å². The maximum absolute atomic E-state index is 11.1. The van der Waals surface area contributed by atoms with Gasteiger partial charge < -0.3 is 10.1 Å². The lowest BCUT2D eigenvalue weighted by Gasteiger charge is -2.09. The average Bonchev–Trinajstić information content (AvgIpc) is 2.12. The lowest BCUT2D eigenvalue weighted by Crippen LogP contribution is -2.18. The first-order valence-electron chi connectivity index (χ1n) is 4.56. The fraction of sp³-hybridized carbons (Fsp3) is 0.778. The van der Waals surface area contributed by atoms with Crippen molar-refractivity contribution in [1.82, 2.24) is 5.32 Å². The number of esters is 1. The van der Waals surface area contributed by atoms with Crippen LogP contribution in [0.1, 0.15) is 26.7 Å². The molecule has 0 bridgehead atoms. The van der Waals surface area contributed by atoms with E-state index in [2.05, 4.69) is 5.32 Å². The molecule has 0 aromatic rings. The van der Waals surface area contributed by atoms with Crippen molar-refractivity contribution in [2.75, 3.05) is 13.2 Å². The normalized spacial score (nSPS) is 11.8. The molecule has 0 aliphatic carbocycles. The molecular weight excluding hydrogens is 170 g/mol. The van der Waals surface area contributed by atoms with Crippen molar-refractivity contribution in [2.45, 2.75) is 26.7 Å². The molecule has 1 N–H and O–H groups in total. The molecule has 0 aliphatic heterocycles. The fourth-order valence-electron chi connectivity index (χ4n) is 0.972. The molecule has 0 aromatic heterocycles. The van der Waals surface area contributed by atoms with Gasteiger partial charge in [0.25, 0.3) is 0 Å². The van der Waals surface area contributed by atoms with Crippen molar-refractivity contribution < 1.29 is 14.3 Å². The van der Waals surface area contributed by atoms with Crippen LogP contribution < -0.4 is 5.32 Å². The molecule has 4 heteroatoms. The number of rotatable bonds is 7. The van der Waals surface area contributed by atoms with E-state index < -0.39 is 0 Å². The van der Waals surface area contributed by atoms with E-state index in [1.54, 1.807) is 6.92 Å². The summed E-state index contributed by atoms with van der Waals surface area (Å²) >= 11 is 0. The Morgan fingerprint density at radius 1 is 1.62 bits per heavy atom. The van der Waals surface area contributed by atoms with Crippen LogP contribution in [-0.4, -0.2) is 25.5 Å². The molecule has 0 heterocycles. The summed E-state index contributed by atoms with van der Waals surface area (Å²) in [6, 6.07) is 0. The minimum Gasteiger partial charge on any atom is -0.466 e. The molecule has 0 rings (SSSR count). The SMILES string of the molecule is CCOC(=O)C(C)CCCNC=O. The van der Waals surface area contributed by atoms with Crippen LogP contribution in [0.25, 0.3) is 0 Å². The first kappa shape index (κ1) is 11.9. The Balaban J connectivity index is 3.43. The predicted molar refractivity (Wildman–Crippen MR) is 49.1 cm³/mol. The molecule has 1 amide bonds. The van der Waals surface area contributed by atoms with Crippen LogP contribution in [0.4, 0.5) is 0 Å². The Kier molecular flexibility index (Phi) is 6.96. The van der Waals surface area contributed by atoms with Gasteiger partial charge in [0.05, 0.1) is 12.5 Å². The van der Waals surface area contributed by atoms with Crippen LogP contribution in [0.15, 0.2) is 0 Å². The molecule has 1 unspecified atom stereocenters. The number of amides is 1. The molecule has 0 spiro atoms. The molecule has 0 fully saturated rings. The first-order valence-corrected chi connectivity index (χ1v) is 4.56. The lowest BCUT2D eigenvalue weighted by molar-refractivity contribution is -0.147. The standard InChI is InChI=1S/C9H17NO3/c1-3-13-9(12)8(2)5-4-6-10-7-11/h7-8H,3-6H2,1-2H3,(H,10,11). The summed E-state index contributed by atoms with van der Waals surface area (Å²) in [6.07, 6.45) is 2.22. The summed E-state index contributed by atoms with van der Waals surface area (Å²) < 4.78 is 4.83. The number of hydrogen-bond donors (Lipinski definition) is 1. The van der Waals surface area contributed by atoms with Gasteiger partial charge in [0.1, 0.15) is 0 Å². The minimum atomic E-state index is -0.159. The van der Waals surface area contributed by atoms with E-state index in [0.29, 0.717) is 19.6 Å². The third kappa shape index (κ3) is 6.13. The Morgan fingerprint density at radius 2 is 2.31 bits per heavy atom. The fourth-order valence-corrected chi connectivity index (χ4v) is 0.972. The molecule has 1 atom stereocenters. The van der Waals surface area contributed by atoms with Crippen molar-refractivity contribution in [2.24, 2.45) is 5.92 Å². The summed E-state index contributed by atoms with van der Waals surface area (Å²) in [5.74, 6) is -0.234. The van der Waals surface area contributed by atoms with Crippen LogP contribution >= 0.6 is 0 Å². The Morgan fingerprint density at radius 3 is 2.85 bits per heavy atom. The monoisotopic (exact) mass is 187 g/mol. The van der Waals surface area contributed by atoms with Crippen LogP contribution in [0.5, 0.6) is 0 Å². The Bertz CT molecular complexity index is 159. The van der Waals surface area contributed by atoms with Gasteiger partial charge >= 0.3 is 5.97 Å².